The minimum Gasteiger partial charge on any atom is -0.466 e. The van der Waals surface area contributed by atoms with Crippen LogP contribution in [0.2, 0.25) is 0 Å². The number of rotatable bonds is 4. The van der Waals surface area contributed by atoms with Gasteiger partial charge in [0.2, 0.25) is 0 Å². The first-order valence-corrected chi connectivity index (χ1v) is 9.85. The quantitative estimate of drug-likeness (QED) is 0.590. The van der Waals surface area contributed by atoms with E-state index in [0.717, 1.165) is 25.2 Å². The largest absolute Gasteiger partial charge is 0.466 e. The Labute approximate surface area is 188 Å². The molecule has 0 bridgehead atoms. The molecule has 2 aromatic carbocycles. The van der Waals surface area contributed by atoms with E-state index in [0.29, 0.717) is 10.9 Å². The molecule has 0 saturated heterocycles. The first-order chi connectivity index (χ1) is 15.9. The van der Waals surface area contributed by atoms with Crippen LogP contribution in [0.5, 0.6) is 0 Å². The molecule has 1 aliphatic rings. The number of allylic oxidation sites excluding steroid dienone is 1. The number of fused-ring (bicyclic) bond motifs is 1. The minimum absolute atomic E-state index is 0.00354. The highest BCUT2D eigenvalue weighted by atomic mass is 19.1. The number of aromatic nitrogens is 1. The van der Waals surface area contributed by atoms with Crippen molar-refractivity contribution in [3.8, 4) is 6.07 Å². The molecule has 3 aromatic rings. The summed E-state index contributed by atoms with van der Waals surface area (Å²) < 4.78 is 24.8. The average Bonchev–Trinajstić information content (AvgIpc) is 3.32. The molecular formula is C24H19FN4O4. The molecule has 8 nitrogen and oxygen atoms in total. The van der Waals surface area contributed by atoms with Crippen molar-refractivity contribution >= 4 is 28.5 Å². The molecule has 1 unspecified atom stereocenters. The number of hydrogen-bond donors (Lipinski definition) is 2. The number of ether oxygens (including phenoxy) is 2. The minimum atomic E-state index is -0.991. The van der Waals surface area contributed by atoms with E-state index in [1.165, 1.54) is 0 Å². The number of halogens is 1. The molecule has 9 heteroatoms. The number of methoxy groups -OCH3 is 2. The van der Waals surface area contributed by atoms with Gasteiger partial charge in [-0.1, -0.05) is 30.3 Å². The molecule has 33 heavy (non-hydrogen) atoms. The Morgan fingerprint density at radius 3 is 2.45 bits per heavy atom. The summed E-state index contributed by atoms with van der Waals surface area (Å²) in [5, 5.41) is 10.5. The van der Waals surface area contributed by atoms with E-state index in [1.54, 1.807) is 48.7 Å². The number of anilines is 1. The average molecular weight is 446 g/mol. The number of carbonyl (C=O) groups excluding carboxylic acids is 2. The summed E-state index contributed by atoms with van der Waals surface area (Å²) in [5.74, 6) is -3.47. The standard InChI is InChI=1S/C24H19FN4O4/c1-32-23(30)19-18(13-6-4-3-5-7-13)16(12-26)22(27)29(21(19)24(31)33-2)15-10-14-8-9-28-20(14)17(25)11-15/h3-11,18,28H,27H2,1-2H3. The zero-order valence-electron chi connectivity index (χ0n) is 17.8. The number of H-pyrrole nitrogens is 1. The molecule has 2 heterocycles. The van der Waals surface area contributed by atoms with Gasteiger partial charge in [-0.25, -0.2) is 14.0 Å². The molecule has 166 valence electrons. The fraction of sp³-hybridized carbons (Fsp3) is 0.125. The number of nitrogens with two attached hydrogens (primary N) is 1. The molecule has 1 aliphatic heterocycles. The summed E-state index contributed by atoms with van der Waals surface area (Å²) in [5.41, 5.74) is 6.96. The van der Waals surface area contributed by atoms with Crippen molar-refractivity contribution in [1.82, 2.24) is 4.98 Å². The van der Waals surface area contributed by atoms with Gasteiger partial charge in [-0.3, -0.25) is 4.90 Å². The summed E-state index contributed by atoms with van der Waals surface area (Å²) in [6.07, 6.45) is 1.57. The van der Waals surface area contributed by atoms with Gasteiger partial charge in [0.15, 0.2) is 0 Å². The lowest BCUT2D eigenvalue weighted by Crippen LogP contribution is -2.40. The molecule has 0 aliphatic carbocycles. The van der Waals surface area contributed by atoms with Gasteiger partial charge in [-0.2, -0.15) is 5.26 Å². The van der Waals surface area contributed by atoms with E-state index < -0.39 is 23.7 Å². The van der Waals surface area contributed by atoms with E-state index >= 15 is 0 Å². The number of esters is 2. The smallest absolute Gasteiger partial charge is 0.355 e. The SMILES string of the molecule is COC(=O)C1=C(C(=O)OC)N(c2cc(F)c3[nH]ccc3c2)C(N)=C(C#N)C1c1ccccc1. The Bertz CT molecular complexity index is 1370. The molecule has 0 saturated carbocycles. The second kappa shape index (κ2) is 8.51. The van der Waals surface area contributed by atoms with Crippen LogP contribution in [-0.4, -0.2) is 31.1 Å². The first kappa shape index (κ1) is 21.6. The number of nitrogens with one attached hydrogen (secondary N) is 1. The third-order valence-corrected chi connectivity index (χ3v) is 5.46. The zero-order valence-corrected chi connectivity index (χ0v) is 17.8. The van der Waals surface area contributed by atoms with Crippen LogP contribution in [0.3, 0.4) is 0 Å². The maximum atomic E-state index is 14.8. The van der Waals surface area contributed by atoms with Crippen molar-refractivity contribution in [1.29, 1.82) is 5.26 Å². The molecular weight excluding hydrogens is 427 g/mol. The van der Waals surface area contributed by atoms with Gasteiger partial charge in [0.05, 0.1) is 48.6 Å². The van der Waals surface area contributed by atoms with E-state index in [9.17, 15) is 19.2 Å². The van der Waals surface area contributed by atoms with Crippen molar-refractivity contribution in [2.24, 2.45) is 5.73 Å². The third kappa shape index (κ3) is 3.47. The lowest BCUT2D eigenvalue weighted by molar-refractivity contribution is -0.139. The zero-order chi connectivity index (χ0) is 23.7. The Kier molecular flexibility index (Phi) is 5.58. The van der Waals surface area contributed by atoms with Gasteiger partial charge in [0, 0.05) is 17.6 Å². The number of aromatic amines is 1. The maximum absolute atomic E-state index is 14.8. The fourth-order valence-electron chi connectivity index (χ4n) is 4.02. The summed E-state index contributed by atoms with van der Waals surface area (Å²) in [4.78, 5) is 30.0. The highest BCUT2D eigenvalue weighted by Gasteiger charge is 2.43. The number of carbonyl (C=O) groups is 2. The van der Waals surface area contributed by atoms with Crippen LogP contribution in [0, 0.1) is 17.1 Å². The van der Waals surface area contributed by atoms with Gasteiger partial charge in [-0.15, -0.1) is 0 Å². The van der Waals surface area contributed by atoms with Gasteiger partial charge in [0.1, 0.15) is 17.3 Å². The van der Waals surface area contributed by atoms with Crippen molar-refractivity contribution < 1.29 is 23.5 Å². The van der Waals surface area contributed by atoms with Crippen molar-refractivity contribution in [3.63, 3.8) is 0 Å². The van der Waals surface area contributed by atoms with Crippen molar-refractivity contribution in [3.05, 3.63) is 88.8 Å². The van der Waals surface area contributed by atoms with Crippen LogP contribution in [0.4, 0.5) is 10.1 Å². The Morgan fingerprint density at radius 1 is 1.12 bits per heavy atom. The molecule has 0 spiro atoms. The predicted molar refractivity (Wildman–Crippen MR) is 118 cm³/mol. The van der Waals surface area contributed by atoms with Crippen LogP contribution in [-0.2, 0) is 19.1 Å². The number of benzene rings is 2. The van der Waals surface area contributed by atoms with Gasteiger partial charge < -0.3 is 20.2 Å². The molecule has 0 amide bonds. The van der Waals surface area contributed by atoms with Crippen LogP contribution >= 0.6 is 0 Å². The van der Waals surface area contributed by atoms with Crippen LogP contribution in [0.15, 0.2) is 77.4 Å². The second-order valence-electron chi connectivity index (χ2n) is 7.20. The van der Waals surface area contributed by atoms with Crippen LogP contribution in [0.25, 0.3) is 10.9 Å². The lowest BCUT2D eigenvalue weighted by Gasteiger charge is -2.35. The lowest BCUT2D eigenvalue weighted by atomic mass is 9.81. The number of nitrogens with zero attached hydrogens (tertiary/aromatic N) is 2. The summed E-state index contributed by atoms with van der Waals surface area (Å²) in [7, 11) is 2.31. The molecule has 1 atom stereocenters. The Morgan fingerprint density at radius 2 is 1.82 bits per heavy atom. The Balaban J connectivity index is 2.08. The van der Waals surface area contributed by atoms with E-state index in [1.807, 2.05) is 0 Å². The molecule has 4 rings (SSSR count). The number of nitriles is 1. The Hall–Kier alpha value is -4.58. The fourth-order valence-corrected chi connectivity index (χ4v) is 4.02. The van der Waals surface area contributed by atoms with Gasteiger partial charge in [0.25, 0.3) is 0 Å². The summed E-state index contributed by atoms with van der Waals surface area (Å²) in [6, 6.07) is 15.1. The highest BCUT2D eigenvalue weighted by molar-refractivity contribution is 6.06. The van der Waals surface area contributed by atoms with E-state index in [-0.39, 0.29) is 33.9 Å². The molecule has 0 radical (unpaired) electrons. The van der Waals surface area contributed by atoms with Gasteiger partial charge in [-0.05, 0) is 17.7 Å². The predicted octanol–water partition coefficient (Wildman–Crippen LogP) is 3.20. The molecule has 1 aromatic heterocycles. The first-order valence-electron chi connectivity index (χ1n) is 9.85. The topological polar surface area (TPSA) is 121 Å². The third-order valence-electron chi connectivity index (χ3n) is 5.46. The second-order valence-corrected chi connectivity index (χ2v) is 7.20. The van der Waals surface area contributed by atoms with Crippen molar-refractivity contribution in [2.45, 2.75) is 5.92 Å². The van der Waals surface area contributed by atoms with Gasteiger partial charge >= 0.3 is 11.9 Å². The van der Waals surface area contributed by atoms with E-state index in [2.05, 4.69) is 11.1 Å². The molecule has 3 N–H and O–H groups in total. The number of hydrogen-bond acceptors (Lipinski definition) is 7. The highest BCUT2D eigenvalue weighted by Crippen LogP contribution is 2.43. The van der Waals surface area contributed by atoms with Crippen LogP contribution in [0.1, 0.15) is 11.5 Å². The normalized spacial score (nSPS) is 16.1. The summed E-state index contributed by atoms with van der Waals surface area (Å²) >= 11 is 0. The monoisotopic (exact) mass is 446 g/mol. The van der Waals surface area contributed by atoms with Crippen molar-refractivity contribution in [2.75, 3.05) is 19.1 Å². The van der Waals surface area contributed by atoms with E-state index in [4.69, 9.17) is 15.2 Å². The summed E-state index contributed by atoms with van der Waals surface area (Å²) in [6.45, 7) is 0. The molecule has 0 fully saturated rings. The van der Waals surface area contributed by atoms with Crippen LogP contribution < -0.4 is 10.6 Å². The maximum Gasteiger partial charge on any atom is 0.355 e.